The van der Waals surface area contributed by atoms with Gasteiger partial charge in [-0.25, -0.2) is 0 Å². The minimum atomic E-state index is -0.153. The second-order valence-electron chi connectivity index (χ2n) is 7.98. The lowest BCUT2D eigenvalue weighted by molar-refractivity contribution is 0.102. The van der Waals surface area contributed by atoms with Crippen molar-refractivity contribution in [3.63, 3.8) is 0 Å². The SMILES string of the molecule is COc1ccc(NC(=O)c2cccc3c4c([nH]c23)CCCC4)cc1OCc1ccncc1. The first-order chi connectivity index (χ1) is 15.7. The predicted octanol–water partition coefficient (Wildman–Crippen LogP) is 5.28. The molecule has 2 heterocycles. The molecule has 5 rings (SSSR count). The van der Waals surface area contributed by atoms with E-state index < -0.39 is 0 Å². The molecule has 0 unspecified atom stereocenters. The Morgan fingerprint density at radius 1 is 1.06 bits per heavy atom. The van der Waals surface area contributed by atoms with Gasteiger partial charge in [0.15, 0.2) is 11.5 Å². The Morgan fingerprint density at radius 2 is 1.91 bits per heavy atom. The fraction of sp³-hybridized carbons (Fsp3) is 0.231. The number of amides is 1. The number of H-pyrrole nitrogens is 1. The molecule has 162 valence electrons. The van der Waals surface area contributed by atoms with Gasteiger partial charge in [0.05, 0.1) is 18.2 Å². The summed E-state index contributed by atoms with van der Waals surface area (Å²) >= 11 is 0. The number of benzene rings is 2. The van der Waals surface area contributed by atoms with Gasteiger partial charge in [0.1, 0.15) is 6.61 Å². The molecule has 0 spiro atoms. The lowest BCUT2D eigenvalue weighted by Crippen LogP contribution is -2.12. The molecule has 6 heteroatoms. The van der Waals surface area contributed by atoms with Crippen molar-refractivity contribution in [2.75, 3.05) is 12.4 Å². The van der Waals surface area contributed by atoms with E-state index in [-0.39, 0.29) is 5.91 Å². The molecule has 0 fully saturated rings. The van der Waals surface area contributed by atoms with E-state index in [4.69, 9.17) is 9.47 Å². The van der Waals surface area contributed by atoms with Crippen LogP contribution in [-0.2, 0) is 19.4 Å². The standard InChI is InChI=1S/C26H25N3O3/c1-31-23-10-9-18(15-24(23)32-16-17-11-13-27-14-12-17)28-26(30)21-7-4-6-20-19-5-2-3-8-22(19)29-25(20)21/h4,6-7,9-15,29H,2-3,5,8,16H2,1H3,(H,28,30). The van der Waals surface area contributed by atoms with E-state index in [0.717, 1.165) is 29.3 Å². The van der Waals surface area contributed by atoms with Crippen LogP contribution in [0.1, 0.15) is 40.0 Å². The number of fused-ring (bicyclic) bond motifs is 3. The van der Waals surface area contributed by atoms with Gasteiger partial charge in [-0.3, -0.25) is 9.78 Å². The third kappa shape index (κ3) is 3.91. The average molecular weight is 428 g/mol. The summed E-state index contributed by atoms with van der Waals surface area (Å²) in [5, 5.41) is 4.17. The maximum absolute atomic E-state index is 13.2. The van der Waals surface area contributed by atoms with Crippen LogP contribution in [0.4, 0.5) is 5.69 Å². The molecule has 1 amide bonds. The Bertz CT molecular complexity index is 1260. The van der Waals surface area contributed by atoms with Crippen molar-refractivity contribution in [1.29, 1.82) is 0 Å². The maximum atomic E-state index is 13.2. The summed E-state index contributed by atoms with van der Waals surface area (Å²) in [6, 6.07) is 15.1. The van der Waals surface area contributed by atoms with Crippen LogP contribution in [0.3, 0.4) is 0 Å². The third-order valence-corrected chi connectivity index (χ3v) is 5.94. The molecule has 0 bridgehead atoms. The van der Waals surface area contributed by atoms with Gasteiger partial charge in [-0.1, -0.05) is 12.1 Å². The first-order valence-corrected chi connectivity index (χ1v) is 10.9. The van der Waals surface area contributed by atoms with Gasteiger partial charge < -0.3 is 19.8 Å². The highest BCUT2D eigenvalue weighted by atomic mass is 16.5. The summed E-state index contributed by atoms with van der Waals surface area (Å²) in [7, 11) is 1.60. The Hall–Kier alpha value is -3.80. The molecule has 0 saturated heterocycles. The van der Waals surface area contributed by atoms with Gasteiger partial charge in [0, 0.05) is 35.2 Å². The Kier molecular flexibility index (Phi) is 5.50. The van der Waals surface area contributed by atoms with Crippen LogP contribution in [0.2, 0.25) is 0 Å². The Labute approximate surface area is 186 Å². The van der Waals surface area contributed by atoms with Gasteiger partial charge in [-0.2, -0.15) is 0 Å². The van der Waals surface area contributed by atoms with E-state index in [1.807, 2.05) is 30.3 Å². The lowest BCUT2D eigenvalue weighted by atomic mass is 9.95. The number of aromatic nitrogens is 2. The van der Waals surface area contributed by atoms with Gasteiger partial charge in [0.25, 0.3) is 5.91 Å². The number of hydrogen-bond acceptors (Lipinski definition) is 4. The fourth-order valence-electron chi connectivity index (χ4n) is 4.32. The number of carbonyl (C=O) groups is 1. The van der Waals surface area contributed by atoms with Gasteiger partial charge in [0.2, 0.25) is 0 Å². The molecular formula is C26H25N3O3. The number of anilines is 1. The molecule has 2 aromatic carbocycles. The van der Waals surface area contributed by atoms with Crippen LogP contribution >= 0.6 is 0 Å². The van der Waals surface area contributed by atoms with E-state index in [0.29, 0.717) is 29.4 Å². The zero-order valence-corrected chi connectivity index (χ0v) is 18.0. The number of carbonyl (C=O) groups excluding carboxylic acids is 1. The third-order valence-electron chi connectivity index (χ3n) is 5.94. The number of methoxy groups -OCH3 is 1. The molecule has 1 aliphatic rings. The van der Waals surface area contributed by atoms with E-state index >= 15 is 0 Å². The first-order valence-electron chi connectivity index (χ1n) is 10.9. The smallest absolute Gasteiger partial charge is 0.257 e. The van der Waals surface area contributed by atoms with Crippen LogP contribution in [-0.4, -0.2) is 23.0 Å². The zero-order valence-electron chi connectivity index (χ0n) is 18.0. The number of nitrogens with one attached hydrogen (secondary N) is 2. The Morgan fingerprint density at radius 3 is 2.75 bits per heavy atom. The number of aryl methyl sites for hydroxylation is 2. The number of ether oxygens (including phenoxy) is 2. The number of rotatable bonds is 6. The summed E-state index contributed by atoms with van der Waals surface area (Å²) < 4.78 is 11.4. The van der Waals surface area contributed by atoms with Crippen molar-refractivity contribution in [1.82, 2.24) is 9.97 Å². The van der Waals surface area contributed by atoms with Crippen molar-refractivity contribution in [3.8, 4) is 11.5 Å². The van der Waals surface area contributed by atoms with Crippen molar-refractivity contribution in [3.05, 3.63) is 83.3 Å². The summed E-state index contributed by atoms with van der Waals surface area (Å²) in [5.74, 6) is 1.02. The topological polar surface area (TPSA) is 76.2 Å². The molecule has 2 aromatic heterocycles. The van der Waals surface area contributed by atoms with Crippen molar-refractivity contribution in [2.24, 2.45) is 0 Å². The van der Waals surface area contributed by atoms with Crippen LogP contribution in [0.25, 0.3) is 10.9 Å². The molecule has 0 aliphatic heterocycles. The minimum absolute atomic E-state index is 0.153. The zero-order chi connectivity index (χ0) is 21.9. The number of para-hydroxylation sites is 1. The normalized spacial score (nSPS) is 12.9. The number of nitrogens with zero attached hydrogens (tertiary/aromatic N) is 1. The molecule has 0 saturated carbocycles. The predicted molar refractivity (Wildman–Crippen MR) is 124 cm³/mol. The number of hydrogen-bond donors (Lipinski definition) is 2. The highest BCUT2D eigenvalue weighted by Gasteiger charge is 2.19. The summed E-state index contributed by atoms with van der Waals surface area (Å²) in [6.07, 6.45) is 7.95. The summed E-state index contributed by atoms with van der Waals surface area (Å²) in [4.78, 5) is 20.7. The van der Waals surface area contributed by atoms with Crippen LogP contribution in [0, 0.1) is 0 Å². The van der Waals surface area contributed by atoms with E-state index in [1.165, 1.54) is 24.1 Å². The van der Waals surface area contributed by atoms with Crippen molar-refractivity contribution in [2.45, 2.75) is 32.3 Å². The van der Waals surface area contributed by atoms with Gasteiger partial charge in [-0.15, -0.1) is 0 Å². The Balaban J connectivity index is 1.39. The lowest BCUT2D eigenvalue weighted by Gasteiger charge is -2.13. The van der Waals surface area contributed by atoms with E-state index in [9.17, 15) is 4.79 Å². The molecule has 1 aliphatic carbocycles. The average Bonchev–Trinajstić information content (AvgIpc) is 3.22. The van der Waals surface area contributed by atoms with Gasteiger partial charge >= 0.3 is 0 Å². The maximum Gasteiger partial charge on any atom is 0.257 e. The van der Waals surface area contributed by atoms with Gasteiger partial charge in [-0.05, 0) is 67.1 Å². The highest BCUT2D eigenvalue weighted by molar-refractivity contribution is 6.12. The van der Waals surface area contributed by atoms with Crippen LogP contribution in [0.15, 0.2) is 60.9 Å². The number of pyridine rings is 1. The molecule has 6 nitrogen and oxygen atoms in total. The largest absolute Gasteiger partial charge is 0.493 e. The van der Waals surface area contributed by atoms with Crippen molar-refractivity contribution >= 4 is 22.5 Å². The molecule has 32 heavy (non-hydrogen) atoms. The molecule has 2 N–H and O–H groups in total. The quantitative estimate of drug-likeness (QED) is 0.439. The monoisotopic (exact) mass is 427 g/mol. The second kappa shape index (κ2) is 8.75. The minimum Gasteiger partial charge on any atom is -0.493 e. The second-order valence-corrected chi connectivity index (χ2v) is 7.98. The first kappa shape index (κ1) is 20.1. The molecule has 0 radical (unpaired) electrons. The van der Waals surface area contributed by atoms with Crippen molar-refractivity contribution < 1.29 is 14.3 Å². The van der Waals surface area contributed by atoms with Crippen LogP contribution in [0.5, 0.6) is 11.5 Å². The van der Waals surface area contributed by atoms with E-state index in [1.54, 1.807) is 31.6 Å². The highest BCUT2D eigenvalue weighted by Crippen LogP contribution is 2.33. The summed E-state index contributed by atoms with van der Waals surface area (Å²) in [6.45, 7) is 0.379. The summed E-state index contributed by atoms with van der Waals surface area (Å²) in [5.41, 5.74) is 5.83. The molecule has 0 atom stereocenters. The fourth-order valence-corrected chi connectivity index (χ4v) is 4.32. The van der Waals surface area contributed by atoms with Crippen LogP contribution < -0.4 is 14.8 Å². The molecular weight excluding hydrogens is 402 g/mol. The molecule has 4 aromatic rings. The van der Waals surface area contributed by atoms with E-state index in [2.05, 4.69) is 21.4 Å². The number of aromatic amines is 1.